The van der Waals surface area contributed by atoms with Crippen LogP contribution in [0, 0.1) is 0 Å². The molecule has 0 bridgehead atoms. The van der Waals surface area contributed by atoms with Crippen molar-refractivity contribution in [1.82, 2.24) is 15.5 Å². The lowest BCUT2D eigenvalue weighted by atomic mass is 10.4. The van der Waals surface area contributed by atoms with Crippen LogP contribution in [0.3, 0.4) is 0 Å². The second-order valence-corrected chi connectivity index (χ2v) is 3.51. The first kappa shape index (κ1) is 9.92. The van der Waals surface area contributed by atoms with Crippen molar-refractivity contribution in [3.8, 4) is 11.7 Å². The molecule has 0 aliphatic heterocycles. The summed E-state index contributed by atoms with van der Waals surface area (Å²) in [6, 6.07) is 3.96. The molecule has 0 unspecified atom stereocenters. The largest absolute Gasteiger partial charge is 0.459 e. The third kappa shape index (κ3) is 2.44. The maximum absolute atomic E-state index is 5.40. The normalized spacial score (nSPS) is 11.1. The van der Waals surface area contributed by atoms with E-state index in [0.717, 1.165) is 0 Å². The van der Waals surface area contributed by atoms with Crippen LogP contribution >= 0.6 is 0 Å². The molecule has 0 aromatic carbocycles. The zero-order valence-corrected chi connectivity index (χ0v) is 8.73. The number of hydrogen-bond acceptors (Lipinski definition) is 5. The zero-order valence-electron chi connectivity index (χ0n) is 8.73. The predicted molar refractivity (Wildman–Crippen MR) is 54.0 cm³/mol. The molecular formula is C10H13N3O2. The van der Waals surface area contributed by atoms with Crippen molar-refractivity contribution < 1.29 is 8.83 Å². The summed E-state index contributed by atoms with van der Waals surface area (Å²) in [6.07, 6.45) is 1.57. The van der Waals surface area contributed by atoms with Crippen LogP contribution in [0.1, 0.15) is 19.7 Å². The van der Waals surface area contributed by atoms with Crippen molar-refractivity contribution in [2.45, 2.75) is 26.4 Å². The Kier molecular flexibility index (Phi) is 2.82. The summed E-state index contributed by atoms with van der Waals surface area (Å²) in [5.41, 5.74) is 0. The van der Waals surface area contributed by atoms with E-state index in [1.807, 2.05) is 0 Å². The average Bonchev–Trinajstić information content (AvgIpc) is 2.85. The van der Waals surface area contributed by atoms with Gasteiger partial charge in [-0.1, -0.05) is 13.8 Å². The lowest BCUT2D eigenvalue weighted by molar-refractivity contribution is 0.447. The van der Waals surface area contributed by atoms with Crippen molar-refractivity contribution in [3.05, 3.63) is 24.3 Å². The molecule has 5 nitrogen and oxygen atoms in total. The van der Waals surface area contributed by atoms with E-state index < -0.39 is 0 Å². The SMILES string of the molecule is CC(C)NCc1nnc(-c2ccco2)o1. The summed E-state index contributed by atoms with van der Waals surface area (Å²) in [6.45, 7) is 4.69. The molecule has 15 heavy (non-hydrogen) atoms. The summed E-state index contributed by atoms with van der Waals surface area (Å²) in [5, 5.41) is 11.0. The van der Waals surface area contributed by atoms with Crippen LogP contribution in [0.2, 0.25) is 0 Å². The first-order chi connectivity index (χ1) is 7.25. The molecule has 5 heteroatoms. The van der Waals surface area contributed by atoms with Gasteiger partial charge in [-0.15, -0.1) is 10.2 Å². The quantitative estimate of drug-likeness (QED) is 0.828. The van der Waals surface area contributed by atoms with Gasteiger partial charge in [0, 0.05) is 6.04 Å². The molecule has 0 aliphatic carbocycles. The number of hydrogen-bond donors (Lipinski definition) is 1. The summed E-state index contributed by atoms with van der Waals surface area (Å²) in [7, 11) is 0. The third-order valence-corrected chi connectivity index (χ3v) is 1.86. The minimum atomic E-state index is 0.393. The Morgan fingerprint density at radius 1 is 1.40 bits per heavy atom. The fourth-order valence-electron chi connectivity index (χ4n) is 1.12. The predicted octanol–water partition coefficient (Wildman–Crippen LogP) is 1.83. The van der Waals surface area contributed by atoms with Gasteiger partial charge in [-0.3, -0.25) is 0 Å². The van der Waals surface area contributed by atoms with Crippen LogP contribution < -0.4 is 5.32 Å². The molecule has 2 aromatic rings. The monoisotopic (exact) mass is 207 g/mol. The molecule has 1 N–H and O–H groups in total. The Morgan fingerprint density at radius 2 is 2.27 bits per heavy atom. The van der Waals surface area contributed by atoms with Crippen LogP contribution in [-0.4, -0.2) is 16.2 Å². The van der Waals surface area contributed by atoms with Gasteiger partial charge in [0.15, 0.2) is 5.76 Å². The topological polar surface area (TPSA) is 64.1 Å². The Bertz CT molecular complexity index is 406. The minimum Gasteiger partial charge on any atom is -0.459 e. The number of furan rings is 1. The second-order valence-electron chi connectivity index (χ2n) is 3.51. The summed E-state index contributed by atoms with van der Waals surface area (Å²) in [4.78, 5) is 0. The lowest BCUT2D eigenvalue weighted by Gasteiger charge is -2.03. The Labute approximate surface area is 87.5 Å². The molecule has 0 fully saturated rings. The van der Waals surface area contributed by atoms with Crippen LogP contribution in [-0.2, 0) is 6.54 Å². The van der Waals surface area contributed by atoms with Crippen LogP contribution in [0.5, 0.6) is 0 Å². The molecular weight excluding hydrogens is 194 g/mol. The number of rotatable bonds is 4. The van der Waals surface area contributed by atoms with Gasteiger partial charge in [-0.05, 0) is 12.1 Å². The molecule has 0 aliphatic rings. The molecule has 2 heterocycles. The maximum Gasteiger partial charge on any atom is 0.283 e. The van der Waals surface area contributed by atoms with Gasteiger partial charge in [0.25, 0.3) is 5.89 Å². The Morgan fingerprint density at radius 3 is 2.93 bits per heavy atom. The molecule has 0 radical (unpaired) electrons. The van der Waals surface area contributed by atoms with Crippen LogP contribution in [0.4, 0.5) is 0 Å². The van der Waals surface area contributed by atoms with E-state index in [0.29, 0.717) is 30.1 Å². The van der Waals surface area contributed by atoms with Crippen molar-refractivity contribution in [2.24, 2.45) is 0 Å². The summed E-state index contributed by atoms with van der Waals surface area (Å²) in [5.74, 6) is 1.58. The summed E-state index contributed by atoms with van der Waals surface area (Å²) >= 11 is 0. The number of aromatic nitrogens is 2. The standard InChI is InChI=1S/C10H13N3O2/c1-7(2)11-6-9-12-13-10(15-9)8-4-3-5-14-8/h3-5,7,11H,6H2,1-2H3. The fraction of sp³-hybridized carbons (Fsp3) is 0.400. The van der Waals surface area contributed by atoms with Gasteiger partial charge in [-0.25, -0.2) is 0 Å². The fourth-order valence-corrected chi connectivity index (χ4v) is 1.12. The van der Waals surface area contributed by atoms with Gasteiger partial charge in [-0.2, -0.15) is 0 Å². The van der Waals surface area contributed by atoms with E-state index >= 15 is 0 Å². The van der Waals surface area contributed by atoms with Crippen molar-refractivity contribution in [1.29, 1.82) is 0 Å². The molecule has 0 saturated heterocycles. The summed E-state index contributed by atoms with van der Waals surface area (Å²) < 4.78 is 10.5. The highest BCUT2D eigenvalue weighted by atomic mass is 16.4. The number of nitrogens with one attached hydrogen (secondary N) is 1. The zero-order chi connectivity index (χ0) is 10.7. The molecule has 2 rings (SSSR count). The Balaban J connectivity index is 2.04. The van der Waals surface area contributed by atoms with Crippen molar-refractivity contribution in [2.75, 3.05) is 0 Å². The van der Waals surface area contributed by atoms with Gasteiger partial charge in [0.1, 0.15) is 0 Å². The van der Waals surface area contributed by atoms with Crippen LogP contribution in [0.15, 0.2) is 27.2 Å². The first-order valence-electron chi connectivity index (χ1n) is 4.85. The van der Waals surface area contributed by atoms with Gasteiger partial charge in [0.2, 0.25) is 5.89 Å². The molecule has 0 atom stereocenters. The average molecular weight is 207 g/mol. The van der Waals surface area contributed by atoms with E-state index in [9.17, 15) is 0 Å². The van der Waals surface area contributed by atoms with Gasteiger partial charge >= 0.3 is 0 Å². The van der Waals surface area contributed by atoms with E-state index in [-0.39, 0.29) is 0 Å². The maximum atomic E-state index is 5.40. The lowest BCUT2D eigenvalue weighted by Crippen LogP contribution is -2.21. The van der Waals surface area contributed by atoms with Crippen molar-refractivity contribution in [3.63, 3.8) is 0 Å². The van der Waals surface area contributed by atoms with Crippen molar-refractivity contribution >= 4 is 0 Å². The molecule has 0 amide bonds. The Hall–Kier alpha value is -1.62. The molecule has 0 spiro atoms. The van der Waals surface area contributed by atoms with E-state index in [1.165, 1.54) is 0 Å². The van der Waals surface area contributed by atoms with Crippen LogP contribution in [0.25, 0.3) is 11.7 Å². The van der Waals surface area contributed by atoms with Gasteiger partial charge < -0.3 is 14.2 Å². The number of nitrogens with zero attached hydrogens (tertiary/aromatic N) is 2. The molecule has 80 valence electrons. The van der Waals surface area contributed by atoms with Gasteiger partial charge in [0.05, 0.1) is 12.8 Å². The minimum absolute atomic E-state index is 0.393. The highest BCUT2D eigenvalue weighted by Gasteiger charge is 2.10. The first-order valence-corrected chi connectivity index (χ1v) is 4.85. The van der Waals surface area contributed by atoms with E-state index in [1.54, 1.807) is 18.4 Å². The van der Waals surface area contributed by atoms with E-state index in [4.69, 9.17) is 8.83 Å². The smallest absolute Gasteiger partial charge is 0.283 e. The van der Waals surface area contributed by atoms with E-state index in [2.05, 4.69) is 29.4 Å². The third-order valence-electron chi connectivity index (χ3n) is 1.86. The highest BCUT2D eigenvalue weighted by molar-refractivity contribution is 5.42. The molecule has 2 aromatic heterocycles. The second kappa shape index (κ2) is 4.27. The highest BCUT2D eigenvalue weighted by Crippen LogP contribution is 2.17. The molecule has 0 saturated carbocycles.